The number of nitrogens with zero attached hydrogens (tertiary/aromatic N) is 4. The molecule has 2 aromatic rings. The fourth-order valence-electron chi connectivity index (χ4n) is 2.17. The van der Waals surface area contributed by atoms with Crippen LogP contribution in [0.1, 0.15) is 18.2 Å². The number of halogens is 1. The molecule has 8 heteroatoms. The van der Waals surface area contributed by atoms with Crippen LogP contribution in [0.25, 0.3) is 0 Å². The number of hydrogen-bond acceptors (Lipinski definition) is 4. The molecule has 26 heavy (non-hydrogen) atoms. The summed E-state index contributed by atoms with van der Waals surface area (Å²) in [6.07, 6.45) is 1.73. The molecule has 0 N–H and O–H groups in total. The third kappa shape index (κ3) is 5.19. The zero-order chi connectivity index (χ0) is 19.3. The topological polar surface area (TPSA) is 65.9 Å². The minimum atomic E-state index is -3.58. The largest absolute Gasteiger partial charge is 0.366 e. The minimum Gasteiger partial charge on any atom is -0.366 e. The summed E-state index contributed by atoms with van der Waals surface area (Å²) in [4.78, 5) is 10.7. The van der Waals surface area contributed by atoms with Gasteiger partial charge in [0.25, 0.3) is 0 Å². The molecule has 0 fully saturated rings. The molecule has 0 amide bonds. The van der Waals surface area contributed by atoms with E-state index in [9.17, 15) is 8.42 Å². The normalized spacial score (nSPS) is 11.7. The van der Waals surface area contributed by atoms with Gasteiger partial charge >= 0.3 is 0 Å². The van der Waals surface area contributed by atoms with E-state index in [1.165, 1.54) is 11.4 Å². The van der Waals surface area contributed by atoms with E-state index >= 15 is 0 Å². The molecular weight excluding hydrogens is 372 g/mol. The van der Waals surface area contributed by atoms with Crippen LogP contribution >= 0.6 is 11.6 Å². The summed E-state index contributed by atoms with van der Waals surface area (Å²) in [5, 5.41) is 0.508. The molecule has 6 nitrogen and oxygen atoms in total. The lowest BCUT2D eigenvalue weighted by Gasteiger charge is -2.19. The van der Waals surface area contributed by atoms with Gasteiger partial charge in [0.1, 0.15) is 5.82 Å². The maximum Gasteiger partial charge on any atom is 0.240 e. The lowest BCUT2D eigenvalue weighted by molar-refractivity contribution is 0.552. The standard InChI is InChI=1S/C18H23ClN4O2S/c1-5-22(3)13-20-17-9-10-18(21-14(17)2)23(4)26(24,25)12-15-7-6-8-16(19)11-15/h6-11,13H,5,12H2,1-4H3/b20-13+. The van der Waals surface area contributed by atoms with Crippen molar-refractivity contribution in [3.05, 3.63) is 52.7 Å². The molecule has 0 aliphatic carbocycles. The van der Waals surface area contributed by atoms with Crippen LogP contribution in [0, 0.1) is 6.92 Å². The Labute approximate surface area is 160 Å². The van der Waals surface area contributed by atoms with Crippen molar-refractivity contribution in [1.82, 2.24) is 9.88 Å². The lowest BCUT2D eigenvalue weighted by Crippen LogP contribution is -2.28. The van der Waals surface area contributed by atoms with Gasteiger partial charge in [-0.05, 0) is 43.7 Å². The number of aliphatic imine (C=N–C) groups is 1. The first-order valence-corrected chi connectivity index (χ1v) is 10.1. The molecule has 0 aliphatic rings. The molecule has 0 spiro atoms. The second-order valence-electron chi connectivity index (χ2n) is 5.95. The van der Waals surface area contributed by atoms with Gasteiger partial charge in [0, 0.05) is 25.7 Å². The lowest BCUT2D eigenvalue weighted by atomic mass is 10.2. The summed E-state index contributed by atoms with van der Waals surface area (Å²) < 4.78 is 26.5. The van der Waals surface area contributed by atoms with Crippen LogP contribution < -0.4 is 4.31 Å². The van der Waals surface area contributed by atoms with E-state index in [0.29, 0.717) is 27.8 Å². The molecule has 1 aromatic carbocycles. The monoisotopic (exact) mass is 394 g/mol. The number of aryl methyl sites for hydroxylation is 1. The van der Waals surface area contributed by atoms with E-state index < -0.39 is 10.0 Å². The first-order chi connectivity index (χ1) is 12.2. The van der Waals surface area contributed by atoms with Crippen molar-refractivity contribution in [2.45, 2.75) is 19.6 Å². The van der Waals surface area contributed by atoms with Gasteiger partial charge in [-0.2, -0.15) is 0 Å². The highest BCUT2D eigenvalue weighted by atomic mass is 35.5. The Morgan fingerprint density at radius 2 is 1.96 bits per heavy atom. The molecule has 0 aliphatic heterocycles. The summed E-state index contributed by atoms with van der Waals surface area (Å²) in [6.45, 7) is 4.68. The van der Waals surface area contributed by atoms with E-state index in [0.717, 1.165) is 6.54 Å². The molecule has 0 unspecified atom stereocenters. The van der Waals surface area contributed by atoms with E-state index in [1.807, 2.05) is 18.9 Å². The Balaban J connectivity index is 2.21. The Morgan fingerprint density at radius 1 is 1.23 bits per heavy atom. The molecule has 0 saturated heterocycles. The highest BCUT2D eigenvalue weighted by Crippen LogP contribution is 2.23. The second-order valence-corrected chi connectivity index (χ2v) is 8.38. The predicted octanol–water partition coefficient (Wildman–Crippen LogP) is 3.62. The number of anilines is 1. The van der Waals surface area contributed by atoms with Crippen molar-refractivity contribution in [2.24, 2.45) is 4.99 Å². The summed E-state index contributed by atoms with van der Waals surface area (Å²) >= 11 is 5.93. The molecule has 140 valence electrons. The molecule has 1 heterocycles. The van der Waals surface area contributed by atoms with E-state index in [2.05, 4.69) is 9.98 Å². The number of pyridine rings is 1. The Morgan fingerprint density at radius 3 is 2.58 bits per heavy atom. The zero-order valence-corrected chi connectivity index (χ0v) is 16.9. The van der Waals surface area contributed by atoms with Crippen LogP contribution in [0.4, 0.5) is 11.5 Å². The molecule has 2 rings (SSSR count). The average molecular weight is 395 g/mol. The van der Waals surface area contributed by atoms with Gasteiger partial charge in [-0.15, -0.1) is 0 Å². The molecule has 0 atom stereocenters. The number of aromatic nitrogens is 1. The molecular formula is C18H23ClN4O2S. The minimum absolute atomic E-state index is 0.147. The van der Waals surface area contributed by atoms with Crippen LogP contribution in [-0.4, -0.2) is 45.3 Å². The Kier molecular flexibility index (Phi) is 6.61. The predicted molar refractivity (Wildman–Crippen MR) is 108 cm³/mol. The van der Waals surface area contributed by atoms with E-state index in [1.54, 1.807) is 49.7 Å². The number of benzene rings is 1. The van der Waals surface area contributed by atoms with Gasteiger partial charge < -0.3 is 4.90 Å². The fraction of sp³-hybridized carbons (Fsp3) is 0.333. The van der Waals surface area contributed by atoms with Gasteiger partial charge in [0.15, 0.2) is 0 Å². The van der Waals surface area contributed by atoms with Crippen molar-refractivity contribution < 1.29 is 8.42 Å². The number of sulfonamides is 1. The van der Waals surface area contributed by atoms with Gasteiger partial charge in [-0.3, -0.25) is 4.31 Å². The first kappa shape index (κ1) is 20.2. The summed E-state index contributed by atoms with van der Waals surface area (Å²) in [5.74, 6) is 0.207. The third-order valence-electron chi connectivity index (χ3n) is 3.91. The quantitative estimate of drug-likeness (QED) is 0.531. The van der Waals surface area contributed by atoms with Crippen molar-refractivity contribution in [3.63, 3.8) is 0 Å². The molecule has 0 saturated carbocycles. The van der Waals surface area contributed by atoms with Gasteiger partial charge in [-0.1, -0.05) is 23.7 Å². The van der Waals surface area contributed by atoms with Crippen LogP contribution in [0.3, 0.4) is 0 Å². The molecule has 0 radical (unpaired) electrons. The molecule has 1 aromatic heterocycles. The first-order valence-electron chi connectivity index (χ1n) is 8.16. The van der Waals surface area contributed by atoms with Gasteiger partial charge in [-0.25, -0.2) is 18.4 Å². The SMILES string of the molecule is CCN(C)/C=N/c1ccc(N(C)S(=O)(=O)Cc2cccc(Cl)c2)nc1C. The highest BCUT2D eigenvalue weighted by Gasteiger charge is 2.21. The zero-order valence-electron chi connectivity index (χ0n) is 15.3. The van der Waals surface area contributed by atoms with Crippen molar-refractivity contribution in [2.75, 3.05) is 24.9 Å². The summed E-state index contributed by atoms with van der Waals surface area (Å²) in [6, 6.07) is 10.2. The fourth-order valence-corrected chi connectivity index (χ4v) is 3.57. The summed E-state index contributed by atoms with van der Waals surface area (Å²) in [7, 11) is -0.154. The average Bonchev–Trinajstić information content (AvgIpc) is 2.59. The van der Waals surface area contributed by atoms with Crippen molar-refractivity contribution in [1.29, 1.82) is 0 Å². The molecule has 0 bridgehead atoms. The van der Waals surface area contributed by atoms with E-state index in [4.69, 9.17) is 11.6 Å². The van der Waals surface area contributed by atoms with Crippen LogP contribution in [0.5, 0.6) is 0 Å². The second kappa shape index (κ2) is 8.51. The number of rotatable bonds is 7. The maximum atomic E-state index is 12.7. The Bertz CT molecular complexity index is 900. The Hall–Kier alpha value is -2.12. The van der Waals surface area contributed by atoms with Gasteiger partial charge in [0.2, 0.25) is 10.0 Å². The van der Waals surface area contributed by atoms with Crippen LogP contribution in [0.15, 0.2) is 41.4 Å². The van der Waals surface area contributed by atoms with Crippen molar-refractivity contribution >= 4 is 39.5 Å². The van der Waals surface area contributed by atoms with Crippen LogP contribution in [0.2, 0.25) is 5.02 Å². The van der Waals surface area contributed by atoms with E-state index in [-0.39, 0.29) is 5.75 Å². The van der Waals surface area contributed by atoms with Crippen molar-refractivity contribution in [3.8, 4) is 0 Å². The van der Waals surface area contributed by atoms with Gasteiger partial charge in [0.05, 0.1) is 23.5 Å². The van der Waals surface area contributed by atoms with Crippen LogP contribution in [-0.2, 0) is 15.8 Å². The smallest absolute Gasteiger partial charge is 0.240 e. The number of hydrogen-bond donors (Lipinski definition) is 0. The highest BCUT2D eigenvalue weighted by molar-refractivity contribution is 7.92. The maximum absolute atomic E-state index is 12.7. The summed E-state index contributed by atoms with van der Waals surface area (Å²) in [5.41, 5.74) is 1.99. The third-order valence-corrected chi connectivity index (χ3v) is 5.87.